The average Bonchev–Trinajstić information content (AvgIpc) is 2.76. The second kappa shape index (κ2) is 9.38. The fourth-order valence-corrected chi connectivity index (χ4v) is 4.84. The number of hydrogen-bond acceptors (Lipinski definition) is 3. The van der Waals surface area contributed by atoms with Gasteiger partial charge in [-0.25, -0.2) is 0 Å². The summed E-state index contributed by atoms with van der Waals surface area (Å²) in [5, 5.41) is 1.35. The first-order valence-electron chi connectivity index (χ1n) is 10.4. The van der Waals surface area contributed by atoms with Crippen molar-refractivity contribution in [2.45, 2.75) is 19.4 Å². The van der Waals surface area contributed by atoms with Crippen LogP contribution >= 0.6 is 23.2 Å². The molecule has 0 aromatic heterocycles. The Bertz CT molecular complexity index is 837. The number of carbonyl (C=O) groups is 1. The molecule has 1 atom stereocenters. The molecule has 4 rings (SSSR count). The quantitative estimate of drug-likeness (QED) is 0.709. The van der Waals surface area contributed by atoms with E-state index < -0.39 is 0 Å². The van der Waals surface area contributed by atoms with Crippen molar-refractivity contribution in [3.05, 3.63) is 64.1 Å². The van der Waals surface area contributed by atoms with Crippen LogP contribution in [0, 0.1) is 5.92 Å². The normalized spacial score (nSPS) is 20.7. The molecule has 2 aliphatic rings. The highest BCUT2D eigenvalue weighted by molar-refractivity contribution is 6.35. The molecule has 2 fully saturated rings. The zero-order chi connectivity index (χ0) is 20.2. The van der Waals surface area contributed by atoms with Crippen molar-refractivity contribution in [2.75, 3.05) is 44.2 Å². The Labute approximate surface area is 183 Å². The Morgan fingerprint density at radius 1 is 0.966 bits per heavy atom. The van der Waals surface area contributed by atoms with Crippen LogP contribution in [0.25, 0.3) is 0 Å². The predicted molar refractivity (Wildman–Crippen MR) is 120 cm³/mol. The SMILES string of the molecule is O=C([C@H]1CCCN(Cc2ccc(Cl)cc2Cl)C1)N1CCN(c2ccccc2)CC1. The molecule has 2 aromatic rings. The standard InChI is InChI=1S/C23H27Cl2N3O/c24-20-9-8-18(22(25)15-20)16-26-10-4-5-19(17-26)23(29)28-13-11-27(12-14-28)21-6-2-1-3-7-21/h1-3,6-9,15,19H,4-5,10-14,16-17H2/t19-/m0/s1. The third-order valence-electron chi connectivity index (χ3n) is 5.98. The van der Waals surface area contributed by atoms with Crippen LogP contribution < -0.4 is 4.90 Å². The van der Waals surface area contributed by atoms with Gasteiger partial charge in [0.15, 0.2) is 0 Å². The summed E-state index contributed by atoms with van der Waals surface area (Å²) in [6, 6.07) is 16.1. The van der Waals surface area contributed by atoms with Gasteiger partial charge in [-0.1, -0.05) is 47.5 Å². The number of amides is 1. The van der Waals surface area contributed by atoms with E-state index in [1.165, 1.54) is 5.69 Å². The Hall–Kier alpha value is -1.75. The second-order valence-electron chi connectivity index (χ2n) is 7.96. The molecule has 0 bridgehead atoms. The van der Waals surface area contributed by atoms with Crippen LogP contribution in [0.3, 0.4) is 0 Å². The Kier molecular flexibility index (Phi) is 6.63. The summed E-state index contributed by atoms with van der Waals surface area (Å²) in [7, 11) is 0. The lowest BCUT2D eigenvalue weighted by Crippen LogP contribution is -2.52. The molecule has 2 aromatic carbocycles. The highest BCUT2D eigenvalue weighted by atomic mass is 35.5. The van der Waals surface area contributed by atoms with Gasteiger partial charge in [-0.05, 0) is 49.2 Å². The first-order valence-corrected chi connectivity index (χ1v) is 11.1. The van der Waals surface area contributed by atoms with Crippen LogP contribution in [0.1, 0.15) is 18.4 Å². The van der Waals surface area contributed by atoms with Crippen molar-refractivity contribution in [1.82, 2.24) is 9.80 Å². The van der Waals surface area contributed by atoms with Gasteiger partial charge in [-0.2, -0.15) is 0 Å². The van der Waals surface area contributed by atoms with Crippen LogP contribution in [-0.2, 0) is 11.3 Å². The molecule has 154 valence electrons. The van der Waals surface area contributed by atoms with Crippen LogP contribution in [0.4, 0.5) is 5.69 Å². The van der Waals surface area contributed by atoms with E-state index >= 15 is 0 Å². The monoisotopic (exact) mass is 431 g/mol. The maximum absolute atomic E-state index is 13.1. The molecule has 4 nitrogen and oxygen atoms in total. The van der Waals surface area contributed by atoms with Crippen molar-refractivity contribution < 1.29 is 4.79 Å². The molecule has 0 radical (unpaired) electrons. The van der Waals surface area contributed by atoms with Crippen LogP contribution in [-0.4, -0.2) is 55.0 Å². The first kappa shape index (κ1) is 20.5. The van der Waals surface area contributed by atoms with Gasteiger partial charge in [0.05, 0.1) is 5.92 Å². The number of para-hydroxylation sites is 1. The van der Waals surface area contributed by atoms with Crippen molar-refractivity contribution in [1.29, 1.82) is 0 Å². The number of anilines is 1. The second-order valence-corrected chi connectivity index (χ2v) is 8.80. The molecule has 0 aliphatic carbocycles. The summed E-state index contributed by atoms with van der Waals surface area (Å²) in [6.45, 7) is 5.96. The number of piperidine rings is 1. The van der Waals surface area contributed by atoms with Crippen molar-refractivity contribution in [3.8, 4) is 0 Å². The van der Waals surface area contributed by atoms with E-state index in [-0.39, 0.29) is 5.92 Å². The number of rotatable bonds is 4. The Balaban J connectivity index is 1.32. The maximum Gasteiger partial charge on any atom is 0.227 e. The molecule has 29 heavy (non-hydrogen) atoms. The molecule has 0 N–H and O–H groups in total. The molecule has 6 heteroatoms. The average molecular weight is 432 g/mol. The van der Waals surface area contributed by atoms with E-state index in [1.54, 1.807) is 6.07 Å². The summed E-state index contributed by atoms with van der Waals surface area (Å²) in [5.74, 6) is 0.391. The minimum Gasteiger partial charge on any atom is -0.368 e. The molecule has 2 aliphatic heterocycles. The van der Waals surface area contributed by atoms with Gasteiger partial charge in [-0.3, -0.25) is 9.69 Å². The molecule has 2 heterocycles. The molecule has 1 amide bonds. The van der Waals surface area contributed by atoms with Crippen molar-refractivity contribution in [3.63, 3.8) is 0 Å². The maximum atomic E-state index is 13.1. The highest BCUT2D eigenvalue weighted by Crippen LogP contribution is 2.26. The summed E-state index contributed by atoms with van der Waals surface area (Å²) in [6.07, 6.45) is 2.02. The summed E-state index contributed by atoms with van der Waals surface area (Å²) < 4.78 is 0. The topological polar surface area (TPSA) is 26.8 Å². The zero-order valence-electron chi connectivity index (χ0n) is 16.6. The third-order valence-corrected chi connectivity index (χ3v) is 6.56. The van der Waals surface area contributed by atoms with E-state index in [9.17, 15) is 4.79 Å². The van der Waals surface area contributed by atoms with Gasteiger partial charge in [0.25, 0.3) is 0 Å². The van der Waals surface area contributed by atoms with Crippen molar-refractivity contribution >= 4 is 34.8 Å². The Morgan fingerprint density at radius 3 is 2.45 bits per heavy atom. The molecule has 2 saturated heterocycles. The molecular weight excluding hydrogens is 405 g/mol. The van der Waals surface area contributed by atoms with E-state index in [2.05, 4.69) is 39.0 Å². The van der Waals surface area contributed by atoms with Crippen LogP contribution in [0.15, 0.2) is 48.5 Å². The van der Waals surface area contributed by atoms with Crippen molar-refractivity contribution in [2.24, 2.45) is 5.92 Å². The minimum atomic E-state index is 0.0816. The van der Waals surface area contributed by atoms with Gasteiger partial charge >= 0.3 is 0 Å². The van der Waals surface area contributed by atoms with Gasteiger partial charge in [0.2, 0.25) is 5.91 Å². The fourth-order valence-electron chi connectivity index (χ4n) is 4.37. The van der Waals surface area contributed by atoms with Gasteiger partial charge in [-0.15, -0.1) is 0 Å². The molecular formula is C23H27Cl2N3O. The number of carbonyl (C=O) groups excluding carboxylic acids is 1. The predicted octanol–water partition coefficient (Wildman–Crippen LogP) is 4.55. The van der Waals surface area contributed by atoms with Crippen LogP contribution in [0.2, 0.25) is 10.0 Å². The third kappa shape index (κ3) is 5.06. The number of halogens is 2. The number of piperazine rings is 1. The highest BCUT2D eigenvalue weighted by Gasteiger charge is 2.31. The van der Waals surface area contributed by atoms with E-state index in [4.69, 9.17) is 23.2 Å². The number of benzene rings is 2. The largest absolute Gasteiger partial charge is 0.368 e. The summed E-state index contributed by atoms with van der Waals surface area (Å²) in [5.41, 5.74) is 2.31. The lowest BCUT2D eigenvalue weighted by molar-refractivity contribution is -0.137. The molecule has 0 unspecified atom stereocenters. The Morgan fingerprint density at radius 2 is 1.72 bits per heavy atom. The van der Waals surface area contributed by atoms with Gasteiger partial charge in [0, 0.05) is 55.0 Å². The zero-order valence-corrected chi connectivity index (χ0v) is 18.1. The van der Waals surface area contributed by atoms with Gasteiger partial charge in [0.1, 0.15) is 0 Å². The lowest BCUT2D eigenvalue weighted by atomic mass is 9.95. The summed E-state index contributed by atoms with van der Waals surface area (Å²) in [4.78, 5) is 19.9. The fraction of sp³-hybridized carbons (Fsp3) is 0.435. The van der Waals surface area contributed by atoms with Crippen LogP contribution in [0.5, 0.6) is 0 Å². The minimum absolute atomic E-state index is 0.0816. The van der Waals surface area contributed by atoms with E-state index in [1.807, 2.05) is 18.2 Å². The molecule has 0 saturated carbocycles. The van der Waals surface area contributed by atoms with Gasteiger partial charge < -0.3 is 9.80 Å². The lowest BCUT2D eigenvalue weighted by Gasteiger charge is -2.39. The molecule has 0 spiro atoms. The van der Waals surface area contributed by atoms with E-state index in [0.717, 1.165) is 64.2 Å². The smallest absolute Gasteiger partial charge is 0.227 e. The summed E-state index contributed by atoms with van der Waals surface area (Å²) >= 11 is 12.4. The van der Waals surface area contributed by atoms with E-state index in [0.29, 0.717) is 16.0 Å². The number of hydrogen-bond donors (Lipinski definition) is 0. The number of likely N-dealkylation sites (tertiary alicyclic amines) is 1. The number of nitrogens with zero attached hydrogens (tertiary/aromatic N) is 3. The first-order chi connectivity index (χ1) is 14.1.